The largest absolute Gasteiger partial charge is 0.228 e. The average molecular weight is 753 g/mol. The summed E-state index contributed by atoms with van der Waals surface area (Å²) in [6.07, 6.45) is 0. The van der Waals surface area contributed by atoms with E-state index in [1.54, 1.807) is 0 Å². The molecule has 0 aliphatic heterocycles. The van der Waals surface area contributed by atoms with Crippen LogP contribution in [0.1, 0.15) is 25.0 Å². The first kappa shape index (κ1) is 34.8. The number of fused-ring (bicyclic) bond motifs is 6. The van der Waals surface area contributed by atoms with Crippen molar-refractivity contribution in [2.45, 2.75) is 19.3 Å². The van der Waals surface area contributed by atoms with E-state index in [-0.39, 0.29) is 5.41 Å². The number of hydrogen-bond donors (Lipinski definition) is 0. The second kappa shape index (κ2) is 13.9. The molecule has 2 nitrogen and oxygen atoms in total. The lowest BCUT2D eigenvalue weighted by Crippen LogP contribution is -2.15. The standard InChI is InChI=1S/C57H40N2/c1-57(2)52-34-30-44(35-51(52)49-31-29-41-17-9-10-18-46(41)55(49)57)45-32-33-50(48-20-12-11-19-47(45)48)56-58-53(42-25-21-39(22-26-42)37-13-5-3-6-14-37)36-54(59-56)43-27-23-40(24-28-43)38-15-7-4-8-16-38/h3-36H,1-2H3. The van der Waals surface area contributed by atoms with E-state index in [0.29, 0.717) is 5.82 Å². The summed E-state index contributed by atoms with van der Waals surface area (Å²) in [4.78, 5) is 10.6. The zero-order valence-corrected chi connectivity index (χ0v) is 33.0. The first-order valence-electron chi connectivity index (χ1n) is 20.4. The zero-order valence-electron chi connectivity index (χ0n) is 33.0. The minimum atomic E-state index is -0.0974. The molecule has 1 aliphatic carbocycles. The third kappa shape index (κ3) is 5.96. The molecule has 0 atom stereocenters. The second-order valence-corrected chi connectivity index (χ2v) is 16.1. The highest BCUT2D eigenvalue weighted by molar-refractivity contribution is 6.05. The third-order valence-corrected chi connectivity index (χ3v) is 12.3. The zero-order chi connectivity index (χ0) is 39.5. The predicted octanol–water partition coefficient (Wildman–Crippen LogP) is 15.1. The van der Waals surface area contributed by atoms with Crippen molar-refractivity contribution < 1.29 is 0 Å². The highest BCUT2D eigenvalue weighted by Crippen LogP contribution is 2.52. The van der Waals surface area contributed by atoms with E-state index >= 15 is 0 Å². The Balaban J connectivity index is 1.04. The molecule has 0 amide bonds. The Hall–Kier alpha value is -7.42. The van der Waals surface area contributed by atoms with Gasteiger partial charge in [0.1, 0.15) is 0 Å². The third-order valence-electron chi connectivity index (χ3n) is 12.3. The maximum absolute atomic E-state index is 5.32. The van der Waals surface area contributed by atoms with Crippen LogP contribution in [0.2, 0.25) is 0 Å². The molecule has 9 aromatic carbocycles. The van der Waals surface area contributed by atoms with Crippen LogP contribution in [0.4, 0.5) is 0 Å². The summed E-state index contributed by atoms with van der Waals surface area (Å²) in [5, 5.41) is 4.93. The highest BCUT2D eigenvalue weighted by atomic mass is 14.9. The molecule has 0 bridgehead atoms. The number of hydrogen-bond acceptors (Lipinski definition) is 2. The smallest absolute Gasteiger partial charge is 0.161 e. The maximum Gasteiger partial charge on any atom is 0.161 e. The molecule has 11 rings (SSSR count). The summed E-state index contributed by atoms with van der Waals surface area (Å²) in [7, 11) is 0. The fraction of sp³-hybridized carbons (Fsp3) is 0.0526. The van der Waals surface area contributed by atoms with Gasteiger partial charge in [-0.05, 0) is 95.4 Å². The van der Waals surface area contributed by atoms with Crippen molar-refractivity contribution in [3.63, 3.8) is 0 Å². The summed E-state index contributed by atoms with van der Waals surface area (Å²) in [5.74, 6) is 0.705. The summed E-state index contributed by atoms with van der Waals surface area (Å²) in [6.45, 7) is 4.73. The van der Waals surface area contributed by atoms with Crippen molar-refractivity contribution in [2.24, 2.45) is 0 Å². The van der Waals surface area contributed by atoms with E-state index < -0.39 is 0 Å². The molecule has 2 heteroatoms. The van der Waals surface area contributed by atoms with Gasteiger partial charge >= 0.3 is 0 Å². The predicted molar refractivity (Wildman–Crippen MR) is 247 cm³/mol. The molecule has 0 unspecified atom stereocenters. The molecule has 278 valence electrons. The van der Waals surface area contributed by atoms with Gasteiger partial charge in [-0.2, -0.15) is 0 Å². The lowest BCUT2D eigenvalue weighted by atomic mass is 9.80. The van der Waals surface area contributed by atoms with Crippen molar-refractivity contribution in [3.05, 3.63) is 217 Å². The average Bonchev–Trinajstić information content (AvgIpc) is 3.54. The second-order valence-electron chi connectivity index (χ2n) is 16.1. The minimum absolute atomic E-state index is 0.0974. The maximum atomic E-state index is 5.32. The molecular weight excluding hydrogens is 713 g/mol. The lowest BCUT2D eigenvalue weighted by Gasteiger charge is -2.23. The van der Waals surface area contributed by atoms with Crippen LogP contribution in [-0.2, 0) is 5.41 Å². The van der Waals surface area contributed by atoms with Crippen LogP contribution >= 0.6 is 0 Å². The van der Waals surface area contributed by atoms with Gasteiger partial charge in [0.15, 0.2) is 5.82 Å². The molecule has 0 N–H and O–H groups in total. The molecule has 0 saturated carbocycles. The number of rotatable bonds is 6. The fourth-order valence-electron chi connectivity index (χ4n) is 9.32. The molecule has 1 aliphatic rings. The van der Waals surface area contributed by atoms with E-state index in [0.717, 1.165) is 33.5 Å². The Kier molecular flexibility index (Phi) is 8.20. The number of nitrogens with zero attached hydrogens (tertiary/aromatic N) is 2. The van der Waals surface area contributed by atoms with E-state index in [1.165, 1.54) is 71.8 Å². The van der Waals surface area contributed by atoms with Gasteiger partial charge in [0, 0.05) is 22.1 Å². The molecule has 0 radical (unpaired) electrons. The van der Waals surface area contributed by atoms with Gasteiger partial charge in [0.2, 0.25) is 0 Å². The molecule has 0 fully saturated rings. The van der Waals surface area contributed by atoms with Gasteiger partial charge in [0.05, 0.1) is 11.4 Å². The van der Waals surface area contributed by atoms with Gasteiger partial charge in [-0.3, -0.25) is 0 Å². The Morgan fingerprint density at radius 1 is 0.322 bits per heavy atom. The van der Waals surface area contributed by atoms with Crippen LogP contribution in [0.15, 0.2) is 206 Å². The Labute approximate surface area is 345 Å². The molecule has 59 heavy (non-hydrogen) atoms. The van der Waals surface area contributed by atoms with Gasteiger partial charge < -0.3 is 0 Å². The van der Waals surface area contributed by atoms with Gasteiger partial charge in [-0.1, -0.05) is 202 Å². The summed E-state index contributed by atoms with van der Waals surface area (Å²) < 4.78 is 0. The van der Waals surface area contributed by atoms with E-state index in [9.17, 15) is 0 Å². The van der Waals surface area contributed by atoms with Gasteiger partial charge in [0.25, 0.3) is 0 Å². The SMILES string of the molecule is CC1(C)c2ccc(-c3ccc(-c4nc(-c5ccc(-c6ccccc6)cc5)cc(-c5ccc(-c6ccccc6)cc5)n4)c4ccccc34)cc2-c2ccc3ccccc3c21. The number of benzene rings is 9. The van der Waals surface area contributed by atoms with Crippen LogP contribution < -0.4 is 0 Å². The monoisotopic (exact) mass is 752 g/mol. The molecule has 0 saturated heterocycles. The quantitative estimate of drug-likeness (QED) is 0.169. The number of aromatic nitrogens is 2. The molecule has 1 aromatic heterocycles. The Morgan fingerprint density at radius 2 is 0.780 bits per heavy atom. The Morgan fingerprint density at radius 3 is 1.39 bits per heavy atom. The van der Waals surface area contributed by atoms with Crippen LogP contribution in [0.25, 0.3) is 100.0 Å². The first-order valence-corrected chi connectivity index (χ1v) is 20.4. The topological polar surface area (TPSA) is 25.8 Å². The first-order chi connectivity index (χ1) is 29.0. The summed E-state index contributed by atoms with van der Waals surface area (Å²) in [5.41, 5.74) is 17.4. The normalized spacial score (nSPS) is 12.7. The van der Waals surface area contributed by atoms with Crippen LogP contribution in [0, 0.1) is 0 Å². The van der Waals surface area contributed by atoms with Crippen LogP contribution in [0.5, 0.6) is 0 Å². The van der Waals surface area contributed by atoms with E-state index in [4.69, 9.17) is 9.97 Å². The molecular formula is C57H40N2. The summed E-state index contributed by atoms with van der Waals surface area (Å²) >= 11 is 0. The van der Waals surface area contributed by atoms with Gasteiger partial charge in [-0.25, -0.2) is 9.97 Å². The highest BCUT2D eigenvalue weighted by Gasteiger charge is 2.37. The van der Waals surface area contributed by atoms with Crippen LogP contribution in [0.3, 0.4) is 0 Å². The molecule has 0 spiro atoms. The van der Waals surface area contributed by atoms with E-state index in [2.05, 4.69) is 220 Å². The molecule has 10 aromatic rings. The van der Waals surface area contributed by atoms with Crippen molar-refractivity contribution in [1.29, 1.82) is 0 Å². The Bertz CT molecular complexity index is 3100. The van der Waals surface area contributed by atoms with Gasteiger partial charge in [-0.15, -0.1) is 0 Å². The minimum Gasteiger partial charge on any atom is -0.228 e. The lowest BCUT2D eigenvalue weighted by molar-refractivity contribution is 0.666. The van der Waals surface area contributed by atoms with Crippen molar-refractivity contribution in [1.82, 2.24) is 9.97 Å². The van der Waals surface area contributed by atoms with Crippen LogP contribution in [-0.4, -0.2) is 9.97 Å². The fourth-order valence-corrected chi connectivity index (χ4v) is 9.32. The van der Waals surface area contributed by atoms with Crippen molar-refractivity contribution in [2.75, 3.05) is 0 Å². The van der Waals surface area contributed by atoms with Crippen molar-refractivity contribution in [3.8, 4) is 78.4 Å². The molecule has 1 heterocycles. The van der Waals surface area contributed by atoms with Crippen molar-refractivity contribution >= 4 is 21.5 Å². The summed E-state index contributed by atoms with van der Waals surface area (Å²) in [6, 6.07) is 74.2. The van der Waals surface area contributed by atoms with E-state index in [1.807, 2.05) is 0 Å².